The van der Waals surface area contributed by atoms with Crippen molar-refractivity contribution in [2.45, 2.75) is 13.8 Å². The lowest BCUT2D eigenvalue weighted by Crippen LogP contribution is -2.12. The molecule has 0 saturated carbocycles. The standard InChI is InChI=1S/C26H24N2O3S/c1-3-30-23-14-13-20(16-24(23)31-4-2)25(29)27-21-12-8-11-19(15-21)22-17-32-26(28-22)18-9-6-5-7-10-18/h5-17H,3-4H2,1-2H3,(H,27,29). The number of benzene rings is 3. The van der Waals surface area contributed by atoms with Crippen LogP contribution in [0, 0.1) is 0 Å². The van der Waals surface area contributed by atoms with Crippen LogP contribution < -0.4 is 14.8 Å². The van der Waals surface area contributed by atoms with Gasteiger partial charge in [0.05, 0.1) is 18.9 Å². The normalized spacial score (nSPS) is 10.6. The van der Waals surface area contributed by atoms with Gasteiger partial charge in [0, 0.05) is 27.8 Å². The predicted molar refractivity (Wildman–Crippen MR) is 130 cm³/mol. The van der Waals surface area contributed by atoms with Gasteiger partial charge in [-0.2, -0.15) is 0 Å². The van der Waals surface area contributed by atoms with Crippen molar-refractivity contribution >= 4 is 22.9 Å². The number of aromatic nitrogens is 1. The summed E-state index contributed by atoms with van der Waals surface area (Å²) in [7, 11) is 0. The number of carbonyl (C=O) groups excluding carboxylic acids is 1. The van der Waals surface area contributed by atoms with E-state index in [1.54, 1.807) is 29.5 Å². The van der Waals surface area contributed by atoms with Crippen LogP contribution in [0.3, 0.4) is 0 Å². The maximum Gasteiger partial charge on any atom is 0.255 e. The fraction of sp³-hybridized carbons (Fsp3) is 0.154. The molecular weight excluding hydrogens is 420 g/mol. The van der Waals surface area contributed by atoms with Crippen LogP contribution in [-0.2, 0) is 0 Å². The van der Waals surface area contributed by atoms with Crippen LogP contribution in [0.4, 0.5) is 5.69 Å². The molecule has 0 aliphatic rings. The third-order valence-corrected chi connectivity index (χ3v) is 5.64. The molecule has 1 heterocycles. The number of carbonyl (C=O) groups is 1. The molecule has 4 rings (SSSR count). The maximum absolute atomic E-state index is 12.9. The first-order valence-electron chi connectivity index (χ1n) is 10.5. The summed E-state index contributed by atoms with van der Waals surface area (Å²) in [5.74, 6) is 0.978. The topological polar surface area (TPSA) is 60.5 Å². The van der Waals surface area contributed by atoms with Crippen LogP contribution in [0.15, 0.2) is 78.2 Å². The van der Waals surface area contributed by atoms with E-state index in [9.17, 15) is 4.79 Å². The number of rotatable bonds is 8. The lowest BCUT2D eigenvalue weighted by molar-refractivity contribution is 0.102. The molecule has 0 bridgehead atoms. The number of nitrogens with zero attached hydrogens (tertiary/aromatic N) is 1. The SMILES string of the molecule is CCOc1ccc(C(=O)Nc2cccc(-c3csc(-c4ccccc4)n3)c2)cc1OCC. The van der Waals surface area contributed by atoms with Crippen LogP contribution in [0.5, 0.6) is 11.5 Å². The van der Waals surface area contributed by atoms with E-state index in [1.807, 2.05) is 73.8 Å². The molecule has 3 aromatic carbocycles. The Hall–Kier alpha value is -3.64. The van der Waals surface area contributed by atoms with Gasteiger partial charge in [-0.05, 0) is 44.2 Å². The van der Waals surface area contributed by atoms with Crippen molar-refractivity contribution in [3.05, 3.63) is 83.7 Å². The Morgan fingerprint density at radius 3 is 2.41 bits per heavy atom. The highest BCUT2D eigenvalue weighted by molar-refractivity contribution is 7.13. The van der Waals surface area contributed by atoms with Gasteiger partial charge in [-0.1, -0.05) is 42.5 Å². The number of thiazole rings is 1. The lowest BCUT2D eigenvalue weighted by atomic mass is 10.1. The largest absolute Gasteiger partial charge is 0.490 e. The number of amides is 1. The Balaban J connectivity index is 1.53. The van der Waals surface area contributed by atoms with Gasteiger partial charge in [-0.15, -0.1) is 11.3 Å². The van der Waals surface area contributed by atoms with E-state index in [2.05, 4.69) is 5.32 Å². The second-order valence-corrected chi connectivity index (χ2v) is 7.82. The summed E-state index contributed by atoms with van der Waals surface area (Å²) in [5, 5.41) is 5.97. The van der Waals surface area contributed by atoms with Gasteiger partial charge in [-0.25, -0.2) is 4.98 Å². The van der Waals surface area contributed by atoms with Crippen molar-refractivity contribution < 1.29 is 14.3 Å². The first-order valence-corrected chi connectivity index (χ1v) is 11.4. The smallest absolute Gasteiger partial charge is 0.255 e. The predicted octanol–water partition coefficient (Wildman–Crippen LogP) is 6.53. The second kappa shape index (κ2) is 10.1. The van der Waals surface area contributed by atoms with Gasteiger partial charge in [0.15, 0.2) is 11.5 Å². The molecule has 6 heteroatoms. The van der Waals surface area contributed by atoms with Crippen LogP contribution in [-0.4, -0.2) is 24.1 Å². The molecule has 0 atom stereocenters. The molecule has 0 radical (unpaired) electrons. The zero-order valence-corrected chi connectivity index (χ0v) is 18.8. The molecule has 162 valence electrons. The summed E-state index contributed by atoms with van der Waals surface area (Å²) in [6.45, 7) is 4.83. The van der Waals surface area contributed by atoms with E-state index < -0.39 is 0 Å². The van der Waals surface area contributed by atoms with E-state index in [4.69, 9.17) is 14.5 Å². The van der Waals surface area contributed by atoms with Crippen LogP contribution >= 0.6 is 11.3 Å². The quantitative estimate of drug-likeness (QED) is 0.336. The average molecular weight is 445 g/mol. The molecule has 1 amide bonds. The summed E-state index contributed by atoms with van der Waals surface area (Å²) < 4.78 is 11.2. The number of hydrogen-bond acceptors (Lipinski definition) is 5. The van der Waals surface area contributed by atoms with Crippen molar-refractivity contribution in [1.82, 2.24) is 4.98 Å². The number of nitrogens with one attached hydrogen (secondary N) is 1. The summed E-state index contributed by atoms with van der Waals surface area (Å²) in [6.07, 6.45) is 0. The van der Waals surface area contributed by atoms with Gasteiger partial charge in [-0.3, -0.25) is 4.79 Å². The number of anilines is 1. The van der Waals surface area contributed by atoms with Crippen molar-refractivity contribution in [2.24, 2.45) is 0 Å². The third-order valence-electron chi connectivity index (χ3n) is 4.75. The summed E-state index contributed by atoms with van der Waals surface area (Å²) in [6, 6.07) is 23.0. The average Bonchev–Trinajstić information content (AvgIpc) is 3.32. The monoisotopic (exact) mass is 444 g/mol. The Morgan fingerprint density at radius 1 is 0.875 bits per heavy atom. The fourth-order valence-corrected chi connectivity index (χ4v) is 4.11. The highest BCUT2D eigenvalue weighted by atomic mass is 32.1. The summed E-state index contributed by atoms with van der Waals surface area (Å²) in [4.78, 5) is 17.6. The van der Waals surface area contributed by atoms with E-state index in [0.717, 1.165) is 21.8 Å². The second-order valence-electron chi connectivity index (χ2n) is 6.97. The molecule has 1 aromatic heterocycles. The van der Waals surface area contributed by atoms with E-state index in [-0.39, 0.29) is 5.91 Å². The maximum atomic E-state index is 12.9. The minimum Gasteiger partial charge on any atom is -0.490 e. The molecule has 0 saturated heterocycles. The first kappa shape index (κ1) is 21.6. The molecule has 5 nitrogen and oxygen atoms in total. The number of ether oxygens (including phenoxy) is 2. The van der Waals surface area contributed by atoms with Gasteiger partial charge in [0.25, 0.3) is 5.91 Å². The summed E-state index contributed by atoms with van der Waals surface area (Å²) in [5.41, 5.74) is 4.12. The molecule has 32 heavy (non-hydrogen) atoms. The molecule has 4 aromatic rings. The minimum absolute atomic E-state index is 0.214. The van der Waals surface area contributed by atoms with Crippen LogP contribution in [0.2, 0.25) is 0 Å². The van der Waals surface area contributed by atoms with E-state index in [0.29, 0.717) is 36.0 Å². The highest BCUT2D eigenvalue weighted by Crippen LogP contribution is 2.31. The van der Waals surface area contributed by atoms with Crippen molar-refractivity contribution in [3.8, 4) is 33.3 Å². The highest BCUT2D eigenvalue weighted by Gasteiger charge is 2.13. The number of hydrogen-bond donors (Lipinski definition) is 1. The van der Waals surface area contributed by atoms with Crippen LogP contribution in [0.1, 0.15) is 24.2 Å². The Kier molecular flexibility index (Phi) is 6.82. The van der Waals surface area contributed by atoms with Gasteiger partial charge < -0.3 is 14.8 Å². The third kappa shape index (κ3) is 4.98. The summed E-state index contributed by atoms with van der Waals surface area (Å²) >= 11 is 1.60. The van der Waals surface area contributed by atoms with E-state index >= 15 is 0 Å². The van der Waals surface area contributed by atoms with Crippen molar-refractivity contribution in [2.75, 3.05) is 18.5 Å². The van der Waals surface area contributed by atoms with Crippen LogP contribution in [0.25, 0.3) is 21.8 Å². The molecule has 0 aliphatic heterocycles. The Bertz CT molecular complexity index is 1200. The Morgan fingerprint density at radius 2 is 1.62 bits per heavy atom. The Labute approximate surface area is 191 Å². The first-order chi connectivity index (χ1) is 15.7. The molecule has 1 N–H and O–H groups in total. The molecular formula is C26H24N2O3S. The zero-order chi connectivity index (χ0) is 22.3. The van der Waals surface area contributed by atoms with Gasteiger partial charge in [0.2, 0.25) is 0 Å². The molecule has 0 fully saturated rings. The molecule has 0 spiro atoms. The molecule has 0 unspecified atom stereocenters. The van der Waals surface area contributed by atoms with Gasteiger partial charge >= 0.3 is 0 Å². The zero-order valence-electron chi connectivity index (χ0n) is 18.0. The van der Waals surface area contributed by atoms with E-state index in [1.165, 1.54) is 0 Å². The molecule has 0 aliphatic carbocycles. The van der Waals surface area contributed by atoms with Crippen molar-refractivity contribution in [1.29, 1.82) is 0 Å². The minimum atomic E-state index is -0.214. The van der Waals surface area contributed by atoms with Gasteiger partial charge in [0.1, 0.15) is 5.01 Å². The lowest BCUT2D eigenvalue weighted by Gasteiger charge is -2.12. The fourth-order valence-electron chi connectivity index (χ4n) is 3.27. The van der Waals surface area contributed by atoms with Crippen molar-refractivity contribution in [3.63, 3.8) is 0 Å².